The average Bonchev–Trinajstić information content (AvgIpc) is 2.66. The first-order chi connectivity index (χ1) is 13.1. The van der Waals surface area contributed by atoms with Crippen molar-refractivity contribution in [1.29, 1.82) is 0 Å². The predicted molar refractivity (Wildman–Crippen MR) is 111 cm³/mol. The first-order valence-corrected chi connectivity index (χ1v) is 9.30. The molecule has 0 radical (unpaired) electrons. The Bertz CT molecular complexity index is 921. The molecule has 0 bridgehead atoms. The number of urea groups is 1. The lowest BCUT2D eigenvalue weighted by Gasteiger charge is -2.46. The van der Waals surface area contributed by atoms with Crippen LogP contribution in [0.3, 0.4) is 0 Å². The number of carbonyl (C=O) groups is 2. The van der Waals surface area contributed by atoms with E-state index in [1.54, 1.807) is 25.3 Å². The maximum Gasteiger partial charge on any atom is 0.327 e. The van der Waals surface area contributed by atoms with Crippen molar-refractivity contribution in [2.24, 2.45) is 16.1 Å². The van der Waals surface area contributed by atoms with Crippen molar-refractivity contribution in [3.8, 4) is 0 Å². The fraction of sp³-hybridized carbons (Fsp3) is 0.350. The van der Waals surface area contributed by atoms with E-state index in [4.69, 9.17) is 17.3 Å². The second-order valence-corrected chi connectivity index (χ2v) is 7.96. The molecule has 3 N–H and O–H groups in total. The summed E-state index contributed by atoms with van der Waals surface area (Å²) in [6.45, 7) is 5.96. The first-order valence-electron chi connectivity index (χ1n) is 8.93. The molecule has 2 aliphatic rings. The van der Waals surface area contributed by atoms with Gasteiger partial charge in [-0.25, -0.2) is 9.79 Å². The summed E-state index contributed by atoms with van der Waals surface area (Å²) in [5, 5.41) is 3.20. The number of halogens is 1. The molecule has 0 spiro atoms. The van der Waals surface area contributed by atoms with Gasteiger partial charge in [0.2, 0.25) is 5.91 Å². The van der Waals surface area contributed by atoms with Gasteiger partial charge in [-0.3, -0.25) is 14.6 Å². The van der Waals surface area contributed by atoms with E-state index in [9.17, 15) is 9.59 Å². The van der Waals surface area contributed by atoms with Gasteiger partial charge in [-0.1, -0.05) is 35.9 Å². The van der Waals surface area contributed by atoms with Crippen LogP contribution in [0.25, 0.3) is 0 Å². The van der Waals surface area contributed by atoms with Crippen LogP contribution in [0.1, 0.15) is 26.3 Å². The summed E-state index contributed by atoms with van der Waals surface area (Å²) in [5.74, 6) is 0.0484. The number of aliphatic imine (C=N–C) groups is 1. The summed E-state index contributed by atoms with van der Waals surface area (Å²) in [5.41, 5.74) is 5.64. The Morgan fingerprint density at radius 3 is 2.71 bits per heavy atom. The van der Waals surface area contributed by atoms with Gasteiger partial charge in [0.25, 0.3) is 0 Å². The van der Waals surface area contributed by atoms with Gasteiger partial charge in [0.15, 0.2) is 5.96 Å². The lowest BCUT2D eigenvalue weighted by Crippen LogP contribution is -2.58. The van der Waals surface area contributed by atoms with E-state index in [0.717, 1.165) is 5.56 Å². The molecule has 3 rings (SSSR count). The van der Waals surface area contributed by atoms with Crippen molar-refractivity contribution in [2.45, 2.75) is 26.3 Å². The maximum atomic E-state index is 12.8. The molecule has 0 aliphatic carbocycles. The molecule has 8 heteroatoms. The SMILES string of the molecule is CN1C(=O)C(C)(C)[C@@](C)(c2cccc(NC(=O)N3CC=CC=C3Cl)c2)N=C1N. The van der Waals surface area contributed by atoms with Gasteiger partial charge in [-0.15, -0.1) is 0 Å². The topological polar surface area (TPSA) is 91.0 Å². The average molecular weight is 402 g/mol. The fourth-order valence-corrected chi connectivity index (χ4v) is 3.58. The van der Waals surface area contributed by atoms with Crippen LogP contribution in [0.4, 0.5) is 10.5 Å². The largest absolute Gasteiger partial charge is 0.369 e. The first kappa shape index (κ1) is 19.9. The van der Waals surface area contributed by atoms with Crippen LogP contribution in [0.15, 0.2) is 52.6 Å². The van der Waals surface area contributed by atoms with Gasteiger partial charge in [-0.05, 0) is 44.5 Å². The monoisotopic (exact) mass is 401 g/mol. The van der Waals surface area contributed by atoms with Crippen LogP contribution in [-0.2, 0) is 10.3 Å². The Hall–Kier alpha value is -2.80. The lowest BCUT2D eigenvalue weighted by molar-refractivity contribution is -0.140. The van der Waals surface area contributed by atoms with Crippen molar-refractivity contribution in [3.05, 3.63) is 53.2 Å². The van der Waals surface area contributed by atoms with E-state index in [1.165, 1.54) is 9.80 Å². The third-order valence-corrected chi connectivity index (χ3v) is 5.90. The number of nitrogens with one attached hydrogen (secondary N) is 1. The molecule has 0 fully saturated rings. The van der Waals surface area contributed by atoms with Crippen molar-refractivity contribution in [2.75, 3.05) is 18.9 Å². The Morgan fingerprint density at radius 1 is 1.32 bits per heavy atom. The highest BCUT2D eigenvalue weighted by Crippen LogP contribution is 2.46. The van der Waals surface area contributed by atoms with Crippen LogP contribution in [-0.4, -0.2) is 41.3 Å². The van der Waals surface area contributed by atoms with Crippen LogP contribution >= 0.6 is 11.6 Å². The molecule has 2 aliphatic heterocycles. The molecule has 0 saturated carbocycles. The third kappa shape index (κ3) is 3.16. The van der Waals surface area contributed by atoms with Crippen LogP contribution in [0, 0.1) is 5.41 Å². The van der Waals surface area contributed by atoms with E-state index in [0.29, 0.717) is 17.4 Å². The van der Waals surface area contributed by atoms with Crippen LogP contribution in [0.2, 0.25) is 0 Å². The Labute approximate surface area is 169 Å². The molecule has 0 aromatic heterocycles. The van der Waals surface area contributed by atoms with Crippen molar-refractivity contribution < 1.29 is 9.59 Å². The number of benzene rings is 1. The highest BCUT2D eigenvalue weighted by molar-refractivity contribution is 6.30. The molecule has 1 atom stereocenters. The Balaban J connectivity index is 1.93. The zero-order valence-corrected chi connectivity index (χ0v) is 17.1. The molecular formula is C20H24ClN5O2. The van der Waals surface area contributed by atoms with E-state index < -0.39 is 11.0 Å². The number of nitrogens with two attached hydrogens (primary N) is 1. The van der Waals surface area contributed by atoms with Gasteiger partial charge in [0, 0.05) is 19.3 Å². The quantitative estimate of drug-likeness (QED) is 0.745. The number of rotatable bonds is 2. The number of carbonyl (C=O) groups excluding carboxylic acids is 2. The molecule has 1 aromatic rings. The fourth-order valence-electron chi connectivity index (χ4n) is 3.36. The smallest absolute Gasteiger partial charge is 0.327 e. The van der Waals surface area contributed by atoms with Gasteiger partial charge in [0.1, 0.15) is 10.7 Å². The maximum absolute atomic E-state index is 12.8. The minimum absolute atomic E-state index is 0.117. The number of allylic oxidation sites excluding steroid dienone is 2. The van der Waals surface area contributed by atoms with E-state index in [2.05, 4.69) is 10.3 Å². The predicted octanol–water partition coefficient (Wildman–Crippen LogP) is 3.20. The number of hydrogen-bond acceptors (Lipinski definition) is 4. The molecule has 3 amide bonds. The number of hydrogen-bond donors (Lipinski definition) is 2. The summed E-state index contributed by atoms with van der Waals surface area (Å²) in [6.07, 6.45) is 5.30. The molecule has 0 unspecified atom stereocenters. The van der Waals surface area contributed by atoms with E-state index in [1.807, 2.05) is 45.0 Å². The zero-order chi connectivity index (χ0) is 20.7. The minimum Gasteiger partial charge on any atom is -0.369 e. The molecule has 2 heterocycles. The Morgan fingerprint density at radius 2 is 2.04 bits per heavy atom. The zero-order valence-electron chi connectivity index (χ0n) is 16.4. The van der Waals surface area contributed by atoms with Crippen LogP contribution < -0.4 is 11.1 Å². The lowest BCUT2D eigenvalue weighted by atomic mass is 9.68. The van der Waals surface area contributed by atoms with Gasteiger partial charge in [0.05, 0.1) is 5.41 Å². The van der Waals surface area contributed by atoms with Crippen molar-refractivity contribution in [1.82, 2.24) is 9.80 Å². The summed E-state index contributed by atoms with van der Waals surface area (Å²) in [7, 11) is 1.61. The van der Waals surface area contributed by atoms with E-state index >= 15 is 0 Å². The number of amides is 3. The standard InChI is InChI=1S/C20H24ClN5O2/c1-19(2)16(27)25(4)17(22)24-20(19,3)13-8-7-9-14(12-13)23-18(28)26-11-6-5-10-15(26)21/h5-10,12H,11H2,1-4H3,(H2,22,24)(H,23,28)/t20-/m1/s1. The van der Waals surface area contributed by atoms with Gasteiger partial charge in [-0.2, -0.15) is 0 Å². The highest BCUT2D eigenvalue weighted by atomic mass is 35.5. The van der Waals surface area contributed by atoms with Gasteiger partial charge >= 0.3 is 6.03 Å². The molecule has 1 aromatic carbocycles. The summed E-state index contributed by atoms with van der Waals surface area (Å²) in [4.78, 5) is 32.8. The molecule has 0 saturated heterocycles. The normalized spacial score (nSPS) is 24.0. The molecular weight excluding hydrogens is 378 g/mol. The number of nitrogens with zero attached hydrogens (tertiary/aromatic N) is 3. The second-order valence-electron chi connectivity index (χ2n) is 7.57. The summed E-state index contributed by atoms with van der Waals surface area (Å²) >= 11 is 6.10. The molecule has 28 heavy (non-hydrogen) atoms. The highest BCUT2D eigenvalue weighted by Gasteiger charge is 2.52. The third-order valence-electron chi connectivity index (χ3n) is 5.57. The molecule has 148 valence electrons. The number of anilines is 1. The van der Waals surface area contributed by atoms with Crippen molar-refractivity contribution in [3.63, 3.8) is 0 Å². The van der Waals surface area contributed by atoms with Gasteiger partial charge < -0.3 is 11.1 Å². The summed E-state index contributed by atoms with van der Waals surface area (Å²) in [6, 6.07) is 6.94. The van der Waals surface area contributed by atoms with Crippen LogP contribution in [0.5, 0.6) is 0 Å². The second kappa shape index (κ2) is 6.98. The molecule has 7 nitrogen and oxygen atoms in total. The minimum atomic E-state index is -0.882. The van der Waals surface area contributed by atoms with E-state index in [-0.39, 0.29) is 17.9 Å². The Kier molecular flexibility index (Phi) is 4.97. The summed E-state index contributed by atoms with van der Waals surface area (Å²) < 4.78 is 0. The van der Waals surface area contributed by atoms with Crippen molar-refractivity contribution >= 4 is 35.2 Å². The number of guanidine groups is 1.